The maximum Gasteiger partial charge on any atom is 0.490 e. The Hall–Kier alpha value is -3.61. The predicted octanol–water partition coefficient (Wildman–Crippen LogP) is 3.57. The van der Waals surface area contributed by atoms with Gasteiger partial charge in [-0.1, -0.05) is 65.6 Å². The minimum absolute atomic E-state index is 0.145. The monoisotopic (exact) mass is 360 g/mol. The highest BCUT2D eigenvalue weighted by Gasteiger charge is 2.38. The molecular formula is C20H16N4O3. The molecule has 2 atom stereocenters. The van der Waals surface area contributed by atoms with Crippen LogP contribution in [0, 0.1) is 10.1 Å². The van der Waals surface area contributed by atoms with Gasteiger partial charge in [-0.15, -0.1) is 0 Å². The van der Waals surface area contributed by atoms with Crippen LogP contribution in [-0.4, -0.2) is 25.5 Å². The molecule has 1 aliphatic carbocycles. The van der Waals surface area contributed by atoms with E-state index in [0.29, 0.717) is 6.42 Å². The number of hydrogen-bond donors (Lipinski definition) is 0. The second-order valence-electron chi connectivity index (χ2n) is 6.39. The Morgan fingerprint density at radius 2 is 1.70 bits per heavy atom. The molecule has 134 valence electrons. The largest absolute Gasteiger partial charge is 0.490 e. The number of aromatic nitrogens is 3. The smallest absolute Gasteiger partial charge is 0.390 e. The molecule has 2 aromatic carbocycles. The van der Waals surface area contributed by atoms with Crippen molar-refractivity contribution in [2.45, 2.75) is 18.4 Å². The van der Waals surface area contributed by atoms with Gasteiger partial charge in [0.1, 0.15) is 6.04 Å². The van der Waals surface area contributed by atoms with Gasteiger partial charge in [-0.3, -0.25) is 4.79 Å². The van der Waals surface area contributed by atoms with Crippen molar-refractivity contribution in [2.75, 3.05) is 0 Å². The lowest BCUT2D eigenvalue weighted by molar-refractivity contribution is -0.394. The van der Waals surface area contributed by atoms with Gasteiger partial charge in [0.2, 0.25) is 6.33 Å². The molecule has 27 heavy (non-hydrogen) atoms. The zero-order chi connectivity index (χ0) is 18.8. The van der Waals surface area contributed by atoms with E-state index in [9.17, 15) is 14.9 Å². The van der Waals surface area contributed by atoms with Crippen molar-refractivity contribution in [2.24, 2.45) is 0 Å². The van der Waals surface area contributed by atoms with Crippen molar-refractivity contribution in [3.63, 3.8) is 0 Å². The van der Waals surface area contributed by atoms with Gasteiger partial charge in [0, 0.05) is 11.0 Å². The lowest BCUT2D eigenvalue weighted by Gasteiger charge is -2.29. The standard InChI is InChI=1S/C20H16N4O3/c25-18-12-16(14-7-3-1-4-8-14)11-17(15-9-5-2-6-10-15)19(18)23-13-21-20(22-23)24(26)27/h1-10,12-13,17,19H,11H2/t17-,19-/m0/s1. The zero-order valence-corrected chi connectivity index (χ0v) is 14.3. The van der Waals surface area contributed by atoms with Crippen LogP contribution in [0.25, 0.3) is 5.57 Å². The van der Waals surface area contributed by atoms with E-state index in [1.807, 2.05) is 60.7 Å². The van der Waals surface area contributed by atoms with Gasteiger partial charge in [0.05, 0.1) is 0 Å². The topological polar surface area (TPSA) is 90.9 Å². The average molecular weight is 360 g/mol. The van der Waals surface area contributed by atoms with Gasteiger partial charge in [-0.2, -0.15) is 4.68 Å². The van der Waals surface area contributed by atoms with E-state index in [0.717, 1.165) is 16.7 Å². The number of nitrogens with zero attached hydrogens (tertiary/aromatic N) is 4. The van der Waals surface area contributed by atoms with Crippen LogP contribution >= 0.6 is 0 Å². The molecule has 7 nitrogen and oxygen atoms in total. The SMILES string of the molecule is O=C1C=C(c2ccccc2)C[C@@H](c2ccccc2)[C@@H]1n1cnc([N+](=O)[O-])n1. The number of allylic oxidation sites excluding steroid dienone is 2. The molecule has 0 N–H and O–H groups in total. The molecule has 0 bridgehead atoms. The first-order valence-electron chi connectivity index (χ1n) is 8.54. The summed E-state index contributed by atoms with van der Waals surface area (Å²) in [6, 6.07) is 18.8. The van der Waals surface area contributed by atoms with Gasteiger partial charge in [-0.25, -0.2) is 0 Å². The molecule has 0 aliphatic heterocycles. The maximum absolute atomic E-state index is 13.0. The van der Waals surface area contributed by atoms with Gasteiger partial charge in [0.25, 0.3) is 0 Å². The minimum Gasteiger partial charge on any atom is -0.390 e. The molecule has 0 radical (unpaired) electrons. The third kappa shape index (κ3) is 3.27. The molecule has 0 saturated carbocycles. The Morgan fingerprint density at radius 3 is 2.33 bits per heavy atom. The Morgan fingerprint density at radius 1 is 1.04 bits per heavy atom. The third-order valence-electron chi connectivity index (χ3n) is 4.75. The van der Waals surface area contributed by atoms with Crippen LogP contribution in [0.15, 0.2) is 73.1 Å². The first-order valence-corrected chi connectivity index (χ1v) is 8.54. The van der Waals surface area contributed by atoms with E-state index >= 15 is 0 Å². The van der Waals surface area contributed by atoms with Crippen LogP contribution in [0.1, 0.15) is 29.5 Å². The average Bonchev–Trinajstić information content (AvgIpc) is 3.19. The van der Waals surface area contributed by atoms with Gasteiger partial charge in [0.15, 0.2) is 5.78 Å². The van der Waals surface area contributed by atoms with E-state index in [2.05, 4.69) is 10.1 Å². The summed E-state index contributed by atoms with van der Waals surface area (Å²) >= 11 is 0. The maximum atomic E-state index is 13.0. The van der Waals surface area contributed by atoms with E-state index < -0.39 is 16.9 Å². The zero-order valence-electron chi connectivity index (χ0n) is 14.3. The molecule has 1 aliphatic rings. The summed E-state index contributed by atoms with van der Waals surface area (Å²) in [4.78, 5) is 27.0. The molecular weight excluding hydrogens is 344 g/mol. The highest BCUT2D eigenvalue weighted by Crippen LogP contribution is 2.41. The molecule has 0 unspecified atom stereocenters. The first kappa shape index (κ1) is 16.8. The number of rotatable bonds is 4. The fourth-order valence-electron chi connectivity index (χ4n) is 3.51. The molecule has 0 fully saturated rings. The highest BCUT2D eigenvalue weighted by atomic mass is 16.6. The highest BCUT2D eigenvalue weighted by molar-refractivity contribution is 6.02. The van der Waals surface area contributed by atoms with Crippen molar-refractivity contribution in [1.29, 1.82) is 0 Å². The van der Waals surface area contributed by atoms with E-state index in [1.54, 1.807) is 6.08 Å². The van der Waals surface area contributed by atoms with Gasteiger partial charge in [-0.05, 0) is 34.1 Å². The second-order valence-corrected chi connectivity index (χ2v) is 6.39. The van der Waals surface area contributed by atoms with E-state index in [-0.39, 0.29) is 11.7 Å². The number of carbonyl (C=O) groups excluding carboxylic acids is 1. The van der Waals surface area contributed by atoms with Crippen molar-refractivity contribution < 1.29 is 9.72 Å². The summed E-state index contributed by atoms with van der Waals surface area (Å²) in [5, 5.41) is 14.9. The molecule has 3 aromatic rings. The quantitative estimate of drug-likeness (QED) is 0.524. The lowest BCUT2D eigenvalue weighted by Crippen LogP contribution is -2.29. The van der Waals surface area contributed by atoms with Crippen LogP contribution in [0.5, 0.6) is 0 Å². The summed E-state index contributed by atoms with van der Waals surface area (Å²) in [7, 11) is 0. The molecule has 0 saturated heterocycles. The van der Waals surface area contributed by atoms with Crippen molar-refractivity contribution in [3.8, 4) is 0 Å². The fourth-order valence-corrected chi connectivity index (χ4v) is 3.51. The summed E-state index contributed by atoms with van der Waals surface area (Å²) < 4.78 is 1.32. The Balaban J connectivity index is 1.79. The molecule has 1 heterocycles. The van der Waals surface area contributed by atoms with Crippen LogP contribution < -0.4 is 0 Å². The predicted molar refractivity (Wildman–Crippen MR) is 98.9 cm³/mol. The van der Waals surface area contributed by atoms with Crippen molar-refractivity contribution in [1.82, 2.24) is 14.8 Å². The third-order valence-corrected chi connectivity index (χ3v) is 4.75. The second kappa shape index (κ2) is 6.95. The lowest BCUT2D eigenvalue weighted by atomic mass is 9.77. The Labute approximate surface area is 155 Å². The fraction of sp³-hybridized carbons (Fsp3) is 0.150. The number of hydrogen-bond acceptors (Lipinski definition) is 5. The number of ketones is 1. The molecule has 4 rings (SSSR count). The first-order chi connectivity index (χ1) is 13.1. The van der Waals surface area contributed by atoms with E-state index in [4.69, 9.17) is 0 Å². The van der Waals surface area contributed by atoms with Crippen LogP contribution in [0.4, 0.5) is 5.95 Å². The molecule has 0 spiro atoms. The number of nitro groups is 1. The molecule has 1 aromatic heterocycles. The summed E-state index contributed by atoms with van der Waals surface area (Å²) in [5.74, 6) is -0.846. The number of benzene rings is 2. The summed E-state index contributed by atoms with van der Waals surface area (Å²) in [6.45, 7) is 0. The summed E-state index contributed by atoms with van der Waals surface area (Å²) in [6.07, 6.45) is 3.50. The van der Waals surface area contributed by atoms with E-state index in [1.165, 1.54) is 11.0 Å². The molecule has 0 amide bonds. The Bertz CT molecular complexity index is 1010. The Kier molecular flexibility index (Phi) is 4.33. The van der Waals surface area contributed by atoms with Crippen LogP contribution in [0.2, 0.25) is 0 Å². The normalized spacial score (nSPS) is 19.6. The van der Waals surface area contributed by atoms with Gasteiger partial charge >= 0.3 is 5.95 Å². The van der Waals surface area contributed by atoms with Crippen molar-refractivity contribution in [3.05, 3.63) is 94.3 Å². The number of carbonyl (C=O) groups is 1. The van der Waals surface area contributed by atoms with Crippen molar-refractivity contribution >= 4 is 17.3 Å². The summed E-state index contributed by atoms with van der Waals surface area (Å²) in [5.41, 5.74) is 2.92. The molecule has 7 heteroatoms. The van der Waals surface area contributed by atoms with Gasteiger partial charge < -0.3 is 10.1 Å². The van der Waals surface area contributed by atoms with Crippen LogP contribution in [0.3, 0.4) is 0 Å². The minimum atomic E-state index is -0.666. The van der Waals surface area contributed by atoms with Crippen LogP contribution in [-0.2, 0) is 4.79 Å².